The third-order valence-electron chi connectivity index (χ3n) is 5.88. The molecule has 2 amide bonds. The molecule has 3 saturated heterocycles. The lowest BCUT2D eigenvalue weighted by molar-refractivity contribution is -0.144. The Bertz CT molecular complexity index is 717. The Kier molecular flexibility index (Phi) is 8.76. The van der Waals surface area contributed by atoms with Crippen LogP contribution in [-0.2, 0) is 30.4 Å². The van der Waals surface area contributed by atoms with E-state index in [9.17, 15) is 9.59 Å². The van der Waals surface area contributed by atoms with Crippen LogP contribution in [-0.4, -0.2) is 108 Å². The predicted octanol–water partition coefficient (Wildman–Crippen LogP) is 0.286. The minimum atomic E-state index is -0.337. The van der Waals surface area contributed by atoms with Crippen LogP contribution in [0.25, 0.3) is 0 Å². The Balaban J connectivity index is 0.000000858. The molecule has 0 unspecified atom stereocenters. The fraction of sp³-hybridized carbons (Fsp3) is 0.700. The number of likely N-dealkylation sites (tertiary alicyclic amines) is 1. The molecule has 10 nitrogen and oxygen atoms in total. The van der Waals surface area contributed by atoms with Crippen LogP contribution in [0.5, 0.6) is 0 Å². The number of thiazole rings is 1. The summed E-state index contributed by atoms with van der Waals surface area (Å²) in [6.07, 6.45) is 2.08. The van der Waals surface area contributed by atoms with Crippen molar-refractivity contribution < 1.29 is 29.0 Å². The molecule has 0 atom stereocenters. The molecule has 3 fully saturated rings. The molecule has 1 aromatic rings. The van der Waals surface area contributed by atoms with Gasteiger partial charge in [0.2, 0.25) is 11.8 Å². The first-order valence-corrected chi connectivity index (χ1v) is 11.4. The number of rotatable bonds is 4. The van der Waals surface area contributed by atoms with Gasteiger partial charge in [-0.1, -0.05) is 0 Å². The fourth-order valence-electron chi connectivity index (χ4n) is 4.18. The van der Waals surface area contributed by atoms with Crippen molar-refractivity contribution >= 4 is 29.6 Å². The molecule has 172 valence electrons. The van der Waals surface area contributed by atoms with E-state index in [2.05, 4.69) is 15.3 Å². The van der Waals surface area contributed by atoms with Gasteiger partial charge in [-0.15, -0.1) is 11.3 Å². The van der Waals surface area contributed by atoms with Crippen LogP contribution in [0.4, 0.5) is 0 Å². The first kappa shape index (κ1) is 23.6. The lowest BCUT2D eigenvalue weighted by atomic mass is 9.90. The minimum absolute atomic E-state index is 0.00895. The van der Waals surface area contributed by atoms with Crippen molar-refractivity contribution in [3.8, 4) is 0 Å². The van der Waals surface area contributed by atoms with Gasteiger partial charge in [-0.2, -0.15) is 0 Å². The third kappa shape index (κ3) is 6.70. The molecule has 0 bridgehead atoms. The monoisotopic (exact) mass is 454 g/mol. The molecule has 4 rings (SSSR count). The highest BCUT2D eigenvalue weighted by molar-refractivity contribution is 7.07. The summed E-state index contributed by atoms with van der Waals surface area (Å²) in [6.45, 7) is 5.88. The van der Waals surface area contributed by atoms with Gasteiger partial charge in [0.15, 0.2) is 0 Å². The lowest BCUT2D eigenvalue weighted by Gasteiger charge is -2.42. The average Bonchev–Trinajstić information content (AvgIpc) is 3.24. The summed E-state index contributed by atoms with van der Waals surface area (Å²) in [5.74, 6) is 0.0260. The molecule has 0 saturated carbocycles. The summed E-state index contributed by atoms with van der Waals surface area (Å²) >= 11 is 1.62. The standard InChI is InChI=1S/C19H28N4O4S.CH2O2/c24-17-1-8-27-19(2-4-21(5-3-19)11-16-13-28-15-20-16)14-23(17)12-18(25)22-6-9-26-10-7-22;2-1-3/h13,15H,1-12,14H2;1H,(H,2,3). The van der Waals surface area contributed by atoms with E-state index in [-0.39, 0.29) is 30.4 Å². The van der Waals surface area contributed by atoms with E-state index < -0.39 is 0 Å². The highest BCUT2D eigenvalue weighted by Gasteiger charge is 2.41. The second kappa shape index (κ2) is 11.5. The maximum Gasteiger partial charge on any atom is 0.290 e. The number of hydrogen-bond acceptors (Lipinski definition) is 8. The van der Waals surface area contributed by atoms with E-state index in [0.717, 1.165) is 38.2 Å². The molecule has 11 heteroatoms. The first-order valence-electron chi connectivity index (χ1n) is 10.5. The number of ether oxygens (including phenoxy) is 2. The predicted molar refractivity (Wildman–Crippen MR) is 113 cm³/mol. The van der Waals surface area contributed by atoms with Crippen molar-refractivity contribution in [1.29, 1.82) is 0 Å². The third-order valence-corrected chi connectivity index (χ3v) is 6.52. The molecule has 3 aliphatic heterocycles. The molecular formula is C20H30N4O6S. The molecule has 1 aromatic heterocycles. The second-order valence-corrected chi connectivity index (χ2v) is 8.60. The quantitative estimate of drug-likeness (QED) is 0.646. The van der Waals surface area contributed by atoms with Crippen LogP contribution < -0.4 is 0 Å². The number of carbonyl (C=O) groups is 3. The van der Waals surface area contributed by atoms with E-state index in [1.807, 2.05) is 5.51 Å². The largest absolute Gasteiger partial charge is 0.483 e. The summed E-state index contributed by atoms with van der Waals surface area (Å²) < 4.78 is 11.5. The van der Waals surface area contributed by atoms with E-state index in [4.69, 9.17) is 19.4 Å². The van der Waals surface area contributed by atoms with Crippen molar-refractivity contribution in [2.45, 2.75) is 31.4 Å². The molecular weight excluding hydrogens is 424 g/mol. The highest BCUT2D eigenvalue weighted by Crippen LogP contribution is 2.30. The zero-order valence-corrected chi connectivity index (χ0v) is 18.4. The van der Waals surface area contributed by atoms with Gasteiger partial charge in [0.25, 0.3) is 6.47 Å². The first-order chi connectivity index (χ1) is 15.0. The molecule has 0 aliphatic carbocycles. The van der Waals surface area contributed by atoms with Gasteiger partial charge in [0.05, 0.1) is 56.1 Å². The lowest BCUT2D eigenvalue weighted by Crippen LogP contribution is -2.54. The Morgan fingerprint density at radius 2 is 1.94 bits per heavy atom. The van der Waals surface area contributed by atoms with Gasteiger partial charge in [-0.25, -0.2) is 4.98 Å². The second-order valence-electron chi connectivity index (χ2n) is 7.89. The maximum absolute atomic E-state index is 12.6. The van der Waals surface area contributed by atoms with Crippen molar-refractivity contribution in [2.24, 2.45) is 0 Å². The normalized spacial score (nSPS) is 21.9. The van der Waals surface area contributed by atoms with E-state index in [1.165, 1.54) is 0 Å². The van der Waals surface area contributed by atoms with Crippen molar-refractivity contribution in [1.82, 2.24) is 19.7 Å². The van der Waals surface area contributed by atoms with Crippen LogP contribution in [0.15, 0.2) is 10.9 Å². The number of amides is 2. The van der Waals surface area contributed by atoms with Crippen LogP contribution in [0.2, 0.25) is 0 Å². The maximum atomic E-state index is 12.6. The summed E-state index contributed by atoms with van der Waals surface area (Å²) in [7, 11) is 0. The van der Waals surface area contributed by atoms with Gasteiger partial charge in [0.1, 0.15) is 0 Å². The molecule has 3 aliphatic rings. The van der Waals surface area contributed by atoms with Gasteiger partial charge in [-0.3, -0.25) is 19.3 Å². The Morgan fingerprint density at radius 3 is 2.58 bits per heavy atom. The Hall–Kier alpha value is -2.08. The highest BCUT2D eigenvalue weighted by atomic mass is 32.1. The van der Waals surface area contributed by atoms with Crippen LogP contribution in [0, 0.1) is 0 Å². The van der Waals surface area contributed by atoms with Crippen molar-refractivity contribution in [2.75, 3.05) is 59.1 Å². The number of aromatic nitrogens is 1. The average molecular weight is 455 g/mol. The van der Waals surface area contributed by atoms with Crippen molar-refractivity contribution in [3.05, 3.63) is 16.6 Å². The van der Waals surface area contributed by atoms with Crippen LogP contribution >= 0.6 is 11.3 Å². The van der Waals surface area contributed by atoms with E-state index >= 15 is 0 Å². The summed E-state index contributed by atoms with van der Waals surface area (Å²) in [5, 5.41) is 8.98. The molecule has 0 radical (unpaired) electrons. The van der Waals surface area contributed by atoms with Gasteiger partial charge >= 0.3 is 0 Å². The Morgan fingerprint density at radius 1 is 1.23 bits per heavy atom. The van der Waals surface area contributed by atoms with E-state index in [1.54, 1.807) is 21.1 Å². The van der Waals surface area contributed by atoms with Gasteiger partial charge < -0.3 is 24.4 Å². The van der Waals surface area contributed by atoms with Crippen molar-refractivity contribution in [3.63, 3.8) is 0 Å². The number of carboxylic acid groups (broad SMARTS) is 1. The van der Waals surface area contributed by atoms with Gasteiger partial charge in [-0.05, 0) is 12.8 Å². The zero-order valence-electron chi connectivity index (χ0n) is 17.6. The Labute approximate surface area is 185 Å². The molecule has 4 heterocycles. The number of piperidine rings is 1. The summed E-state index contributed by atoms with van der Waals surface area (Å²) in [6, 6.07) is 0. The zero-order chi connectivity index (χ0) is 22.1. The smallest absolute Gasteiger partial charge is 0.290 e. The topological polar surface area (TPSA) is 113 Å². The minimum Gasteiger partial charge on any atom is -0.483 e. The summed E-state index contributed by atoms with van der Waals surface area (Å²) in [5.41, 5.74) is 2.64. The number of morpholine rings is 1. The fourth-order valence-corrected chi connectivity index (χ4v) is 4.73. The molecule has 0 aromatic carbocycles. The molecule has 1 N–H and O–H groups in total. The molecule has 31 heavy (non-hydrogen) atoms. The van der Waals surface area contributed by atoms with E-state index in [0.29, 0.717) is 45.9 Å². The van der Waals surface area contributed by atoms with Crippen LogP contribution in [0.1, 0.15) is 25.0 Å². The number of carbonyl (C=O) groups excluding carboxylic acids is 2. The molecule has 1 spiro atoms. The van der Waals surface area contributed by atoms with Crippen LogP contribution in [0.3, 0.4) is 0 Å². The van der Waals surface area contributed by atoms with Gasteiger partial charge in [0, 0.05) is 38.1 Å². The SMILES string of the molecule is O=C(CN1CC2(CCN(Cc3cscn3)CC2)OCCC1=O)N1CCOCC1.O=CO. The summed E-state index contributed by atoms with van der Waals surface area (Å²) in [4.78, 5) is 43.9. The number of hydrogen-bond donors (Lipinski definition) is 1. The number of nitrogens with zero attached hydrogens (tertiary/aromatic N) is 4.